The second-order valence-corrected chi connectivity index (χ2v) is 4.12. The van der Waals surface area contributed by atoms with Gasteiger partial charge in [-0.3, -0.25) is 4.79 Å². The van der Waals surface area contributed by atoms with Crippen molar-refractivity contribution >= 4 is 12.4 Å². The predicted molar refractivity (Wildman–Crippen MR) is 69.3 cm³/mol. The number of halogens is 3. The van der Waals surface area contributed by atoms with Gasteiger partial charge in [0.1, 0.15) is 0 Å². The molecule has 0 aromatic heterocycles. The summed E-state index contributed by atoms with van der Waals surface area (Å²) in [5.41, 5.74) is -3.60. The molecule has 1 aromatic rings. The normalized spacial score (nSPS) is 14.8. The van der Waals surface area contributed by atoms with Crippen LogP contribution >= 0.6 is 0 Å². The van der Waals surface area contributed by atoms with Crippen LogP contribution in [0.25, 0.3) is 0 Å². The number of rotatable bonds is 4. The van der Waals surface area contributed by atoms with Crippen molar-refractivity contribution in [2.45, 2.75) is 17.8 Å². The first kappa shape index (κ1) is 17.5. The number of esters is 1. The highest BCUT2D eigenvalue weighted by molar-refractivity contribution is 5.81. The molecule has 0 spiro atoms. The van der Waals surface area contributed by atoms with Crippen molar-refractivity contribution in [2.24, 2.45) is 0 Å². The van der Waals surface area contributed by atoms with Crippen molar-refractivity contribution < 1.29 is 32.6 Å². The Balaban J connectivity index is 3.34. The van der Waals surface area contributed by atoms with Gasteiger partial charge in [-0.1, -0.05) is 30.0 Å². The minimum atomic E-state index is -5.30. The molecule has 118 valence electrons. The van der Waals surface area contributed by atoms with Crippen LogP contribution in [0.5, 0.6) is 0 Å². The Morgan fingerprint density at radius 3 is 2.41 bits per heavy atom. The van der Waals surface area contributed by atoms with E-state index in [4.69, 9.17) is 0 Å². The number of amides is 1. The molecule has 0 heterocycles. The topological polar surface area (TPSA) is 75.6 Å². The maximum Gasteiger partial charge on any atom is 0.431 e. The van der Waals surface area contributed by atoms with Gasteiger partial charge in [0.05, 0.1) is 7.11 Å². The molecule has 2 N–H and O–H groups in total. The molecule has 0 saturated carbocycles. The average Bonchev–Trinajstić information content (AvgIpc) is 2.49. The molecule has 0 aliphatic heterocycles. The number of benzene rings is 1. The third kappa shape index (κ3) is 3.77. The molecular formula is C14H12F3NO4. The molecule has 5 nitrogen and oxygen atoms in total. The van der Waals surface area contributed by atoms with Crippen LogP contribution in [0.15, 0.2) is 30.3 Å². The molecule has 8 heteroatoms. The third-order valence-electron chi connectivity index (χ3n) is 2.69. The number of nitrogens with one attached hydrogen (secondary N) is 1. The minimum absolute atomic E-state index is 0.150. The summed E-state index contributed by atoms with van der Waals surface area (Å²) in [6.07, 6.45) is -5.45. The Morgan fingerprint density at radius 1 is 1.36 bits per heavy atom. The maximum atomic E-state index is 13.2. The fraction of sp³-hybridized carbons (Fsp3) is 0.286. The Labute approximate surface area is 124 Å². The summed E-state index contributed by atoms with van der Waals surface area (Å²) in [4.78, 5) is 21.9. The molecule has 0 saturated heterocycles. The summed E-state index contributed by atoms with van der Waals surface area (Å²) in [5.74, 6) is 2.26. The van der Waals surface area contributed by atoms with Crippen molar-refractivity contribution in [3.63, 3.8) is 0 Å². The standard InChI is InChI=1S/C14H12F3NO4/c1-22-12(20)11(18-9-19)13(21,14(15,16)17)8-7-10-5-3-2-4-6-10/h2-6,9,11,21H,1H3,(H,18,19). The summed E-state index contributed by atoms with van der Waals surface area (Å²) in [7, 11) is 0.823. The van der Waals surface area contributed by atoms with Crippen LogP contribution < -0.4 is 5.32 Å². The van der Waals surface area contributed by atoms with Crippen LogP contribution in [0, 0.1) is 11.8 Å². The molecule has 2 atom stereocenters. The predicted octanol–water partition coefficient (Wildman–Crippen LogP) is 0.619. The molecule has 1 rings (SSSR count). The number of ether oxygens (including phenoxy) is 1. The molecule has 2 unspecified atom stereocenters. The summed E-state index contributed by atoms with van der Waals surface area (Å²) in [6, 6.07) is 5.14. The molecule has 1 aromatic carbocycles. The quantitative estimate of drug-likeness (QED) is 0.485. The van der Waals surface area contributed by atoms with Gasteiger partial charge in [-0.2, -0.15) is 13.2 Å². The summed E-state index contributed by atoms with van der Waals surface area (Å²) in [6.45, 7) is 0. The van der Waals surface area contributed by atoms with Gasteiger partial charge >= 0.3 is 12.1 Å². The SMILES string of the molecule is COC(=O)C(NC=O)C(O)(C#Cc1ccccc1)C(F)(F)F. The first-order valence-corrected chi connectivity index (χ1v) is 5.91. The maximum absolute atomic E-state index is 13.2. The molecule has 0 aliphatic rings. The van der Waals surface area contributed by atoms with E-state index in [1.165, 1.54) is 24.3 Å². The number of hydrogen-bond donors (Lipinski definition) is 2. The van der Waals surface area contributed by atoms with Gasteiger partial charge in [0, 0.05) is 5.56 Å². The van der Waals surface area contributed by atoms with E-state index in [1.54, 1.807) is 17.3 Å². The molecule has 0 aliphatic carbocycles. The van der Waals surface area contributed by atoms with E-state index in [2.05, 4.69) is 10.7 Å². The van der Waals surface area contributed by atoms with E-state index in [-0.39, 0.29) is 12.0 Å². The van der Waals surface area contributed by atoms with Gasteiger partial charge in [-0.25, -0.2) is 4.79 Å². The lowest BCUT2D eigenvalue weighted by Crippen LogP contribution is -2.62. The van der Waals surface area contributed by atoms with Gasteiger partial charge < -0.3 is 15.2 Å². The Hall–Kier alpha value is -2.53. The number of methoxy groups -OCH3 is 1. The average molecular weight is 315 g/mol. The van der Waals surface area contributed by atoms with Crippen LogP contribution in [-0.4, -0.2) is 42.4 Å². The molecule has 0 radical (unpaired) electrons. The fourth-order valence-electron chi connectivity index (χ4n) is 1.54. The number of hydrogen-bond acceptors (Lipinski definition) is 4. The zero-order chi connectivity index (χ0) is 16.8. The Kier molecular flexibility index (Phi) is 5.54. The highest BCUT2D eigenvalue weighted by Gasteiger charge is 2.61. The number of alkyl halides is 3. The van der Waals surface area contributed by atoms with Gasteiger partial charge in [-0.15, -0.1) is 0 Å². The van der Waals surface area contributed by atoms with Crippen LogP contribution in [0.4, 0.5) is 13.2 Å². The van der Waals surface area contributed by atoms with Crippen LogP contribution in [0.3, 0.4) is 0 Å². The lowest BCUT2D eigenvalue weighted by Gasteiger charge is -2.31. The largest absolute Gasteiger partial charge is 0.467 e. The van der Waals surface area contributed by atoms with Gasteiger partial charge in [-0.05, 0) is 12.1 Å². The second kappa shape index (κ2) is 6.95. The molecule has 0 fully saturated rings. The lowest BCUT2D eigenvalue weighted by molar-refractivity contribution is -0.246. The van der Waals surface area contributed by atoms with Gasteiger partial charge in [0.2, 0.25) is 6.41 Å². The first-order valence-electron chi connectivity index (χ1n) is 5.91. The van der Waals surface area contributed by atoms with Gasteiger partial charge in [0.15, 0.2) is 6.04 Å². The number of carbonyl (C=O) groups excluding carboxylic acids is 2. The van der Waals surface area contributed by atoms with E-state index in [9.17, 15) is 27.9 Å². The van der Waals surface area contributed by atoms with E-state index in [1.807, 2.05) is 0 Å². The second-order valence-electron chi connectivity index (χ2n) is 4.12. The third-order valence-corrected chi connectivity index (χ3v) is 2.69. The zero-order valence-corrected chi connectivity index (χ0v) is 11.3. The highest BCUT2D eigenvalue weighted by atomic mass is 19.4. The van der Waals surface area contributed by atoms with Crippen molar-refractivity contribution in [1.82, 2.24) is 5.32 Å². The summed E-state index contributed by atoms with van der Waals surface area (Å²) in [5, 5.41) is 11.5. The number of aliphatic hydroxyl groups is 1. The molecule has 1 amide bonds. The van der Waals surface area contributed by atoms with Crippen molar-refractivity contribution in [1.29, 1.82) is 0 Å². The van der Waals surface area contributed by atoms with Crippen molar-refractivity contribution in [3.05, 3.63) is 35.9 Å². The van der Waals surface area contributed by atoms with Gasteiger partial charge in [0.25, 0.3) is 5.60 Å². The van der Waals surface area contributed by atoms with Crippen LogP contribution in [-0.2, 0) is 14.3 Å². The minimum Gasteiger partial charge on any atom is -0.467 e. The van der Waals surface area contributed by atoms with Crippen LogP contribution in [0.1, 0.15) is 5.56 Å². The monoisotopic (exact) mass is 315 g/mol. The summed E-state index contributed by atoms with van der Waals surface area (Å²) < 4.78 is 43.7. The van der Waals surface area contributed by atoms with Crippen molar-refractivity contribution in [3.8, 4) is 11.8 Å². The first-order chi connectivity index (χ1) is 10.3. The highest BCUT2D eigenvalue weighted by Crippen LogP contribution is 2.33. The molecular weight excluding hydrogens is 303 g/mol. The Bertz CT molecular complexity index is 592. The lowest BCUT2D eigenvalue weighted by atomic mass is 9.93. The zero-order valence-electron chi connectivity index (χ0n) is 11.3. The van der Waals surface area contributed by atoms with E-state index in [0.29, 0.717) is 0 Å². The molecule has 0 bridgehead atoms. The van der Waals surface area contributed by atoms with E-state index >= 15 is 0 Å². The fourth-order valence-corrected chi connectivity index (χ4v) is 1.54. The van der Waals surface area contributed by atoms with Crippen molar-refractivity contribution in [2.75, 3.05) is 7.11 Å². The smallest absolute Gasteiger partial charge is 0.431 e. The number of carbonyl (C=O) groups is 2. The van der Waals surface area contributed by atoms with E-state index < -0.39 is 23.8 Å². The van der Waals surface area contributed by atoms with E-state index in [0.717, 1.165) is 7.11 Å². The Morgan fingerprint density at radius 2 is 1.95 bits per heavy atom. The van der Waals surface area contributed by atoms with Crippen LogP contribution in [0.2, 0.25) is 0 Å². The summed E-state index contributed by atoms with van der Waals surface area (Å²) >= 11 is 0. The molecule has 22 heavy (non-hydrogen) atoms.